The van der Waals surface area contributed by atoms with Crippen molar-refractivity contribution in [3.05, 3.63) is 58.8 Å². The van der Waals surface area contributed by atoms with Gasteiger partial charge in [0, 0.05) is 15.8 Å². The largest absolute Gasteiger partial charge is 0.467 e. The third-order valence-electron chi connectivity index (χ3n) is 3.23. The average molecular weight is 331 g/mol. The Morgan fingerprint density at radius 2 is 2.18 bits per heavy atom. The van der Waals surface area contributed by atoms with E-state index in [9.17, 15) is 0 Å². The second-order valence-electron chi connectivity index (χ2n) is 4.76. The molecule has 3 heterocycles. The topological polar surface area (TPSA) is 51.2 Å². The fourth-order valence-corrected chi connectivity index (χ4v) is 3.06. The molecule has 0 aliphatic rings. The van der Waals surface area contributed by atoms with E-state index in [-0.39, 0.29) is 0 Å². The number of rotatable bonds is 4. The van der Waals surface area contributed by atoms with E-state index in [1.54, 1.807) is 6.26 Å². The molecule has 0 amide bonds. The summed E-state index contributed by atoms with van der Waals surface area (Å²) in [6.45, 7) is 0.607. The molecule has 0 aliphatic heterocycles. The molecule has 0 saturated heterocycles. The van der Waals surface area contributed by atoms with E-state index < -0.39 is 0 Å². The van der Waals surface area contributed by atoms with Crippen LogP contribution in [0.5, 0.6) is 0 Å². The van der Waals surface area contributed by atoms with E-state index in [0.29, 0.717) is 11.6 Å². The Hall–Kier alpha value is -2.24. The standard InChI is InChI=1S/C16H11ClN2O2S/c17-11-3-4-14-10(6-11)7-15(21-14)13-9-22-16(19-13)18-8-12-2-1-5-20-12/h1-7,9H,8H2,(H,18,19). The Labute approximate surface area is 135 Å². The van der Waals surface area contributed by atoms with E-state index >= 15 is 0 Å². The Bertz CT molecular complexity index is 911. The predicted molar refractivity (Wildman–Crippen MR) is 88.4 cm³/mol. The van der Waals surface area contributed by atoms with E-state index in [0.717, 1.165) is 33.3 Å². The second-order valence-corrected chi connectivity index (χ2v) is 6.06. The summed E-state index contributed by atoms with van der Waals surface area (Å²) in [5.74, 6) is 1.61. The van der Waals surface area contributed by atoms with Crippen molar-refractivity contribution in [2.45, 2.75) is 6.54 Å². The third kappa shape index (κ3) is 2.61. The monoisotopic (exact) mass is 330 g/mol. The molecule has 0 unspecified atom stereocenters. The molecule has 6 heteroatoms. The van der Waals surface area contributed by atoms with Crippen LogP contribution in [0.4, 0.5) is 5.13 Å². The number of hydrogen-bond donors (Lipinski definition) is 1. The smallest absolute Gasteiger partial charge is 0.183 e. The molecule has 0 atom stereocenters. The van der Waals surface area contributed by atoms with E-state index in [4.69, 9.17) is 20.4 Å². The molecule has 0 radical (unpaired) electrons. The first kappa shape index (κ1) is 13.4. The number of benzene rings is 1. The van der Waals surface area contributed by atoms with Crippen LogP contribution in [-0.2, 0) is 6.54 Å². The molecular formula is C16H11ClN2O2S. The zero-order valence-electron chi connectivity index (χ0n) is 11.4. The molecule has 110 valence electrons. The maximum Gasteiger partial charge on any atom is 0.183 e. The van der Waals surface area contributed by atoms with Gasteiger partial charge in [-0.2, -0.15) is 0 Å². The van der Waals surface area contributed by atoms with Crippen LogP contribution in [0.2, 0.25) is 5.02 Å². The van der Waals surface area contributed by atoms with Crippen molar-refractivity contribution in [3.63, 3.8) is 0 Å². The number of hydrogen-bond acceptors (Lipinski definition) is 5. The van der Waals surface area contributed by atoms with Gasteiger partial charge in [0.1, 0.15) is 17.0 Å². The Morgan fingerprint density at radius 3 is 3.05 bits per heavy atom. The molecule has 1 N–H and O–H groups in total. The van der Waals surface area contributed by atoms with Crippen molar-refractivity contribution in [1.82, 2.24) is 4.98 Å². The summed E-state index contributed by atoms with van der Waals surface area (Å²) in [4.78, 5) is 4.54. The zero-order chi connectivity index (χ0) is 14.9. The van der Waals surface area contributed by atoms with Crippen molar-refractivity contribution in [3.8, 4) is 11.5 Å². The van der Waals surface area contributed by atoms with Crippen molar-refractivity contribution in [1.29, 1.82) is 0 Å². The van der Waals surface area contributed by atoms with Crippen LogP contribution in [-0.4, -0.2) is 4.98 Å². The van der Waals surface area contributed by atoms with Gasteiger partial charge in [0.05, 0.1) is 12.8 Å². The summed E-state index contributed by atoms with van der Waals surface area (Å²) in [5.41, 5.74) is 1.61. The maximum absolute atomic E-state index is 5.99. The number of thiazole rings is 1. The highest BCUT2D eigenvalue weighted by molar-refractivity contribution is 7.14. The second kappa shape index (κ2) is 5.51. The lowest BCUT2D eigenvalue weighted by Gasteiger charge is -1.98. The summed E-state index contributed by atoms with van der Waals surface area (Å²) in [5, 5.41) is 7.68. The van der Waals surface area contributed by atoms with Crippen molar-refractivity contribution < 1.29 is 8.83 Å². The molecule has 22 heavy (non-hydrogen) atoms. The fourth-order valence-electron chi connectivity index (χ4n) is 2.18. The van der Waals surface area contributed by atoms with Crippen LogP contribution in [0.15, 0.2) is 56.9 Å². The molecule has 4 nitrogen and oxygen atoms in total. The Balaban J connectivity index is 1.56. The van der Waals surface area contributed by atoms with Gasteiger partial charge in [-0.15, -0.1) is 11.3 Å². The quantitative estimate of drug-likeness (QED) is 0.543. The summed E-state index contributed by atoms with van der Waals surface area (Å²) in [7, 11) is 0. The Morgan fingerprint density at radius 1 is 1.23 bits per heavy atom. The SMILES string of the molecule is Clc1ccc2oc(-c3csc(NCc4ccco4)n3)cc2c1. The van der Waals surface area contributed by atoms with Crippen molar-refractivity contribution in [2.24, 2.45) is 0 Å². The number of nitrogens with zero attached hydrogens (tertiary/aromatic N) is 1. The first-order chi connectivity index (χ1) is 10.8. The highest BCUT2D eigenvalue weighted by Crippen LogP contribution is 2.31. The molecule has 0 saturated carbocycles. The molecule has 4 rings (SSSR count). The number of aromatic nitrogens is 1. The zero-order valence-corrected chi connectivity index (χ0v) is 12.9. The molecule has 0 spiro atoms. The molecule has 3 aromatic heterocycles. The number of nitrogens with one attached hydrogen (secondary N) is 1. The molecular weight excluding hydrogens is 320 g/mol. The lowest BCUT2D eigenvalue weighted by Crippen LogP contribution is -1.97. The molecule has 1 aromatic carbocycles. The van der Waals surface area contributed by atoms with Crippen LogP contribution < -0.4 is 5.32 Å². The van der Waals surface area contributed by atoms with Crippen molar-refractivity contribution >= 4 is 39.0 Å². The Kier molecular flexibility index (Phi) is 3.36. The minimum absolute atomic E-state index is 0.607. The van der Waals surface area contributed by atoms with Crippen LogP contribution in [0.3, 0.4) is 0 Å². The summed E-state index contributed by atoms with van der Waals surface area (Å²) in [6, 6.07) is 11.3. The predicted octanol–water partition coefficient (Wildman–Crippen LogP) is 5.41. The highest BCUT2D eigenvalue weighted by Gasteiger charge is 2.10. The minimum atomic E-state index is 0.607. The maximum atomic E-state index is 5.99. The first-order valence-corrected chi connectivity index (χ1v) is 7.95. The summed E-state index contributed by atoms with van der Waals surface area (Å²) in [6.07, 6.45) is 1.66. The van der Waals surface area contributed by atoms with Crippen LogP contribution in [0, 0.1) is 0 Å². The van der Waals surface area contributed by atoms with Crippen molar-refractivity contribution in [2.75, 3.05) is 5.32 Å². The molecule has 4 aromatic rings. The highest BCUT2D eigenvalue weighted by atomic mass is 35.5. The minimum Gasteiger partial charge on any atom is -0.467 e. The van der Waals surface area contributed by atoms with Gasteiger partial charge >= 0.3 is 0 Å². The van der Waals surface area contributed by atoms with Crippen LogP contribution >= 0.6 is 22.9 Å². The van der Waals surface area contributed by atoms with E-state index in [1.807, 2.05) is 41.8 Å². The van der Waals surface area contributed by atoms with Gasteiger partial charge in [-0.25, -0.2) is 4.98 Å². The van der Waals surface area contributed by atoms with Gasteiger partial charge in [-0.1, -0.05) is 11.6 Å². The van der Waals surface area contributed by atoms with Crippen LogP contribution in [0.25, 0.3) is 22.4 Å². The number of anilines is 1. The fraction of sp³-hybridized carbons (Fsp3) is 0.0625. The number of furan rings is 2. The lowest BCUT2D eigenvalue weighted by atomic mass is 10.2. The summed E-state index contributed by atoms with van der Waals surface area (Å²) < 4.78 is 11.1. The number of halogens is 1. The van der Waals surface area contributed by atoms with Gasteiger partial charge in [-0.05, 0) is 36.4 Å². The normalized spacial score (nSPS) is 11.1. The van der Waals surface area contributed by atoms with E-state index in [1.165, 1.54) is 11.3 Å². The molecule has 0 fully saturated rings. The van der Waals surface area contributed by atoms with Gasteiger partial charge in [0.2, 0.25) is 0 Å². The summed E-state index contributed by atoms with van der Waals surface area (Å²) >= 11 is 7.52. The molecule has 0 aliphatic carbocycles. The van der Waals surface area contributed by atoms with Gasteiger partial charge < -0.3 is 14.2 Å². The third-order valence-corrected chi connectivity index (χ3v) is 4.26. The number of fused-ring (bicyclic) bond motifs is 1. The van der Waals surface area contributed by atoms with Gasteiger partial charge in [0.15, 0.2) is 10.9 Å². The van der Waals surface area contributed by atoms with Crippen LogP contribution in [0.1, 0.15) is 5.76 Å². The molecule has 0 bridgehead atoms. The average Bonchev–Trinajstić information content (AvgIpc) is 3.24. The van der Waals surface area contributed by atoms with Gasteiger partial charge in [-0.3, -0.25) is 0 Å². The first-order valence-electron chi connectivity index (χ1n) is 6.69. The van der Waals surface area contributed by atoms with Gasteiger partial charge in [0.25, 0.3) is 0 Å². The lowest BCUT2D eigenvalue weighted by molar-refractivity contribution is 0.518. The van der Waals surface area contributed by atoms with E-state index in [2.05, 4.69) is 10.3 Å².